The molecule has 9 nitrogen and oxygen atoms in total. The van der Waals surface area contributed by atoms with Crippen molar-refractivity contribution in [3.63, 3.8) is 0 Å². The third-order valence-electron chi connectivity index (χ3n) is 10.3. The highest BCUT2D eigenvalue weighted by atomic mass is 31.2. The lowest BCUT2D eigenvalue weighted by molar-refractivity contribution is -0.147. The Bertz CT molecular complexity index is 1300. The Labute approximate surface area is 385 Å². The van der Waals surface area contributed by atoms with Crippen LogP contribution in [0.15, 0.2) is 85.1 Å². The second kappa shape index (κ2) is 48.6. The molecule has 0 radical (unpaired) electrons. The summed E-state index contributed by atoms with van der Waals surface area (Å²) < 4.78 is 26.9. The SMILES string of the molecule is CC/C=C\C/C=C\C/C=C\C/C=C\C/C=C\C/C=C\CCCCC(=O)OCC(O)COP(=O)(O)OCCNC(=O)CCCCCCCCCCCCC/C=C/CCCCCCCC. The van der Waals surface area contributed by atoms with Gasteiger partial charge in [-0.15, -0.1) is 0 Å². The lowest BCUT2D eigenvalue weighted by atomic mass is 10.0. The molecule has 63 heavy (non-hydrogen) atoms. The average molecular weight is 902 g/mol. The molecular weight excluding hydrogens is 810 g/mol. The number of amides is 1. The van der Waals surface area contributed by atoms with Gasteiger partial charge in [-0.05, 0) is 89.9 Å². The first-order chi connectivity index (χ1) is 30.8. The average Bonchev–Trinajstić information content (AvgIpc) is 3.27. The van der Waals surface area contributed by atoms with Gasteiger partial charge in [-0.2, -0.15) is 0 Å². The highest BCUT2D eigenvalue weighted by molar-refractivity contribution is 7.47. The van der Waals surface area contributed by atoms with Crippen molar-refractivity contribution in [1.29, 1.82) is 0 Å². The Hall–Kier alpha value is -2.81. The minimum Gasteiger partial charge on any atom is -0.463 e. The third-order valence-corrected chi connectivity index (χ3v) is 11.3. The van der Waals surface area contributed by atoms with Gasteiger partial charge in [-0.3, -0.25) is 18.6 Å². The highest BCUT2D eigenvalue weighted by Gasteiger charge is 2.23. The summed E-state index contributed by atoms with van der Waals surface area (Å²) >= 11 is 0. The first kappa shape index (κ1) is 60.2. The molecule has 0 fully saturated rings. The first-order valence-electron chi connectivity index (χ1n) is 25.1. The largest absolute Gasteiger partial charge is 0.472 e. The number of aliphatic hydroxyl groups is 1. The van der Waals surface area contributed by atoms with Crippen molar-refractivity contribution >= 4 is 19.7 Å². The predicted octanol–water partition coefficient (Wildman–Crippen LogP) is 14.8. The smallest absolute Gasteiger partial charge is 0.463 e. The molecular formula is C53H92NO8P. The van der Waals surface area contributed by atoms with Gasteiger partial charge < -0.3 is 20.1 Å². The van der Waals surface area contributed by atoms with E-state index in [1.807, 2.05) is 0 Å². The lowest BCUT2D eigenvalue weighted by Gasteiger charge is -2.15. The van der Waals surface area contributed by atoms with Gasteiger partial charge in [0.2, 0.25) is 5.91 Å². The van der Waals surface area contributed by atoms with Crippen LogP contribution in [0.4, 0.5) is 0 Å². The van der Waals surface area contributed by atoms with Crippen LogP contribution in [0.25, 0.3) is 0 Å². The Morgan fingerprint density at radius 2 is 0.905 bits per heavy atom. The van der Waals surface area contributed by atoms with E-state index >= 15 is 0 Å². The van der Waals surface area contributed by atoms with E-state index in [-0.39, 0.29) is 32.1 Å². The predicted molar refractivity (Wildman–Crippen MR) is 266 cm³/mol. The molecule has 0 aromatic heterocycles. The number of phosphoric ester groups is 1. The summed E-state index contributed by atoms with van der Waals surface area (Å²) in [5.41, 5.74) is 0. The molecule has 2 atom stereocenters. The van der Waals surface area contributed by atoms with Crippen molar-refractivity contribution in [2.75, 3.05) is 26.4 Å². The molecule has 0 heterocycles. The Balaban J connectivity index is 3.65. The number of aliphatic hydroxyl groups excluding tert-OH is 1. The molecule has 0 aromatic carbocycles. The van der Waals surface area contributed by atoms with Crippen molar-refractivity contribution in [2.45, 2.75) is 213 Å². The Kier molecular flexibility index (Phi) is 46.5. The third kappa shape index (κ3) is 50.1. The maximum Gasteiger partial charge on any atom is 0.472 e. The van der Waals surface area contributed by atoms with Gasteiger partial charge in [0, 0.05) is 19.4 Å². The topological polar surface area (TPSA) is 131 Å². The van der Waals surface area contributed by atoms with E-state index in [2.05, 4.69) is 104 Å². The van der Waals surface area contributed by atoms with Gasteiger partial charge in [0.25, 0.3) is 0 Å². The van der Waals surface area contributed by atoms with Gasteiger partial charge in [0.05, 0.1) is 13.2 Å². The van der Waals surface area contributed by atoms with Crippen molar-refractivity contribution < 1.29 is 37.9 Å². The van der Waals surface area contributed by atoms with Crippen LogP contribution in [0.3, 0.4) is 0 Å². The van der Waals surface area contributed by atoms with Crippen molar-refractivity contribution in [3.8, 4) is 0 Å². The number of ether oxygens (including phenoxy) is 1. The molecule has 2 unspecified atom stereocenters. The van der Waals surface area contributed by atoms with Gasteiger partial charge in [-0.1, -0.05) is 189 Å². The molecule has 1 amide bonds. The molecule has 0 rings (SSSR count). The minimum absolute atomic E-state index is 0.0724. The summed E-state index contributed by atoms with van der Waals surface area (Å²) in [6.07, 6.45) is 62.4. The van der Waals surface area contributed by atoms with E-state index in [1.54, 1.807) is 0 Å². The summed E-state index contributed by atoms with van der Waals surface area (Å²) in [6, 6.07) is 0. The van der Waals surface area contributed by atoms with Gasteiger partial charge >= 0.3 is 13.8 Å². The molecule has 0 bridgehead atoms. The second-order valence-electron chi connectivity index (χ2n) is 16.4. The Morgan fingerprint density at radius 3 is 1.40 bits per heavy atom. The number of nitrogens with one attached hydrogen (secondary N) is 1. The number of esters is 1. The van der Waals surface area contributed by atoms with Crippen LogP contribution in [0.2, 0.25) is 0 Å². The Morgan fingerprint density at radius 1 is 0.508 bits per heavy atom. The van der Waals surface area contributed by atoms with Crippen molar-refractivity contribution in [2.24, 2.45) is 0 Å². The van der Waals surface area contributed by atoms with Crippen LogP contribution in [0.1, 0.15) is 206 Å². The molecule has 0 saturated carbocycles. The zero-order valence-electron chi connectivity index (χ0n) is 40.0. The van der Waals surface area contributed by atoms with Crippen LogP contribution < -0.4 is 5.32 Å². The summed E-state index contributed by atoms with van der Waals surface area (Å²) in [5, 5.41) is 12.7. The summed E-state index contributed by atoms with van der Waals surface area (Å²) in [7, 11) is -4.44. The number of hydrogen-bond acceptors (Lipinski definition) is 7. The number of hydrogen-bond donors (Lipinski definition) is 3. The van der Waals surface area contributed by atoms with Crippen LogP contribution in [-0.4, -0.2) is 54.3 Å². The fraction of sp³-hybridized carbons (Fsp3) is 0.698. The van der Waals surface area contributed by atoms with Crippen LogP contribution >= 0.6 is 7.82 Å². The molecule has 0 saturated heterocycles. The van der Waals surface area contributed by atoms with E-state index in [1.165, 1.54) is 103 Å². The molecule has 362 valence electrons. The van der Waals surface area contributed by atoms with Crippen LogP contribution in [-0.2, 0) is 27.9 Å². The first-order valence-corrected chi connectivity index (χ1v) is 26.6. The molecule has 0 aliphatic heterocycles. The monoisotopic (exact) mass is 902 g/mol. The van der Waals surface area contributed by atoms with E-state index in [9.17, 15) is 24.2 Å². The minimum atomic E-state index is -4.44. The normalized spacial score (nSPS) is 13.9. The van der Waals surface area contributed by atoms with Gasteiger partial charge in [0.15, 0.2) is 0 Å². The van der Waals surface area contributed by atoms with E-state index < -0.39 is 26.5 Å². The zero-order chi connectivity index (χ0) is 46.0. The fourth-order valence-electron chi connectivity index (χ4n) is 6.55. The van der Waals surface area contributed by atoms with Gasteiger partial charge in [0.1, 0.15) is 12.7 Å². The molecule has 3 N–H and O–H groups in total. The highest BCUT2D eigenvalue weighted by Crippen LogP contribution is 2.42. The maximum absolute atomic E-state index is 12.1. The number of allylic oxidation sites excluding steroid dienone is 14. The van der Waals surface area contributed by atoms with E-state index in [0.29, 0.717) is 12.8 Å². The number of carbonyl (C=O) groups is 2. The summed E-state index contributed by atoms with van der Waals surface area (Å²) in [6.45, 7) is 3.39. The second-order valence-corrected chi connectivity index (χ2v) is 17.9. The summed E-state index contributed by atoms with van der Waals surface area (Å²) in [4.78, 5) is 34.0. The quantitative estimate of drug-likeness (QED) is 0.0238. The fourth-order valence-corrected chi connectivity index (χ4v) is 7.31. The van der Waals surface area contributed by atoms with Gasteiger partial charge in [-0.25, -0.2) is 4.57 Å². The maximum atomic E-state index is 12.1. The molecule has 0 aliphatic rings. The zero-order valence-corrected chi connectivity index (χ0v) is 40.9. The molecule has 0 spiro atoms. The number of phosphoric acid groups is 1. The van der Waals surface area contributed by atoms with E-state index in [0.717, 1.165) is 70.6 Å². The standard InChI is InChI=1S/C53H92NO8P/c1-3-5-7-9-11-13-15-17-19-21-23-25-27-29-31-33-35-37-39-41-43-45-52(56)54-47-48-61-63(58,59)62-50-51(55)49-60-53(57)46-44-42-40-38-36-34-32-30-28-26-24-22-20-18-16-14-12-10-8-6-4-2/h6,8,12,14,17-20,24,26,30,32,36,38,51,55H,3-5,7,9-11,13,15-16,21-23,25,27-29,31,33-35,37,39-50H2,1-2H3,(H,54,56)(H,58,59)/b8-6-,14-12-,19-17+,20-18-,26-24-,32-30-,38-36-. The molecule has 0 aromatic rings. The number of unbranched alkanes of at least 4 members (excludes halogenated alkanes) is 19. The van der Waals surface area contributed by atoms with Crippen LogP contribution in [0, 0.1) is 0 Å². The van der Waals surface area contributed by atoms with E-state index in [4.69, 9.17) is 13.8 Å². The molecule has 10 heteroatoms. The molecule has 0 aliphatic carbocycles. The van der Waals surface area contributed by atoms with Crippen molar-refractivity contribution in [1.82, 2.24) is 5.32 Å². The van der Waals surface area contributed by atoms with Crippen LogP contribution in [0.5, 0.6) is 0 Å². The number of carbonyl (C=O) groups excluding carboxylic acids is 2. The van der Waals surface area contributed by atoms with Crippen molar-refractivity contribution in [3.05, 3.63) is 85.1 Å². The summed E-state index contributed by atoms with van der Waals surface area (Å²) in [5.74, 6) is -0.563. The number of rotatable bonds is 46. The lowest BCUT2D eigenvalue weighted by Crippen LogP contribution is -2.27.